The highest BCUT2D eigenvalue weighted by Gasteiger charge is 2.38. The lowest BCUT2D eigenvalue weighted by atomic mass is 9.96. The number of hydrogen-bond acceptors (Lipinski definition) is 3. The second-order valence-corrected chi connectivity index (χ2v) is 6.95. The van der Waals surface area contributed by atoms with Gasteiger partial charge in [-0.1, -0.05) is 48.9 Å². The third kappa shape index (κ3) is 4.05. The lowest BCUT2D eigenvalue weighted by Crippen LogP contribution is -2.40. The van der Waals surface area contributed by atoms with Crippen molar-refractivity contribution in [2.24, 2.45) is 5.92 Å². The van der Waals surface area contributed by atoms with Crippen molar-refractivity contribution in [3.8, 4) is 0 Å². The van der Waals surface area contributed by atoms with Gasteiger partial charge >= 0.3 is 6.09 Å². The van der Waals surface area contributed by atoms with Crippen LogP contribution in [-0.2, 0) is 16.0 Å². The minimum absolute atomic E-state index is 0.107. The molecule has 1 fully saturated rings. The number of ether oxygens (including phenoxy) is 1. The second kappa shape index (κ2) is 7.65. The molecular weight excluding hydrogens is 302 g/mol. The Morgan fingerprint density at radius 3 is 2.83 bits per heavy atom. The van der Waals surface area contributed by atoms with Crippen molar-refractivity contribution in [1.29, 1.82) is 0 Å². The highest BCUT2D eigenvalue weighted by molar-refractivity contribution is 5.93. The first-order valence-corrected chi connectivity index (χ1v) is 8.84. The Labute approximate surface area is 143 Å². The number of amides is 2. The van der Waals surface area contributed by atoms with Gasteiger partial charge in [-0.05, 0) is 43.6 Å². The molecule has 0 radical (unpaired) electrons. The van der Waals surface area contributed by atoms with Crippen molar-refractivity contribution in [3.63, 3.8) is 0 Å². The van der Waals surface area contributed by atoms with Crippen LogP contribution in [-0.4, -0.2) is 29.5 Å². The molecule has 0 unspecified atom stereocenters. The average Bonchev–Trinajstić information content (AvgIpc) is 3.18. The van der Waals surface area contributed by atoms with Gasteiger partial charge in [-0.15, -0.1) is 0 Å². The number of cyclic esters (lactones) is 1. The summed E-state index contributed by atoms with van der Waals surface area (Å²) < 4.78 is 5.14. The summed E-state index contributed by atoms with van der Waals surface area (Å²) >= 11 is 0. The van der Waals surface area contributed by atoms with E-state index in [1.165, 1.54) is 16.9 Å². The zero-order chi connectivity index (χ0) is 16.9. The van der Waals surface area contributed by atoms with Gasteiger partial charge in [-0.2, -0.15) is 0 Å². The summed E-state index contributed by atoms with van der Waals surface area (Å²) in [6, 6.07) is 9.74. The number of allylic oxidation sites excluding steroid dienone is 2. The van der Waals surface area contributed by atoms with Crippen LogP contribution in [0.2, 0.25) is 0 Å². The van der Waals surface area contributed by atoms with Crippen molar-refractivity contribution < 1.29 is 14.3 Å². The molecule has 128 valence electrons. The first-order chi connectivity index (χ1) is 11.6. The fourth-order valence-electron chi connectivity index (χ4n) is 3.64. The van der Waals surface area contributed by atoms with Gasteiger partial charge in [0, 0.05) is 6.42 Å². The zero-order valence-electron chi connectivity index (χ0n) is 14.2. The quantitative estimate of drug-likeness (QED) is 0.739. The van der Waals surface area contributed by atoms with Crippen molar-refractivity contribution in [2.45, 2.75) is 51.5 Å². The van der Waals surface area contributed by atoms with Crippen LogP contribution in [0.4, 0.5) is 4.79 Å². The molecule has 2 aliphatic rings. The molecule has 24 heavy (non-hydrogen) atoms. The number of benzene rings is 1. The molecular formula is C20H25NO3. The first kappa shape index (κ1) is 16.7. The number of carbonyl (C=O) groups is 2. The van der Waals surface area contributed by atoms with Gasteiger partial charge in [-0.25, -0.2) is 9.69 Å². The molecule has 4 nitrogen and oxygen atoms in total. The van der Waals surface area contributed by atoms with Crippen LogP contribution < -0.4 is 0 Å². The van der Waals surface area contributed by atoms with E-state index in [1.807, 2.05) is 30.3 Å². The van der Waals surface area contributed by atoms with Gasteiger partial charge in [0.15, 0.2) is 0 Å². The highest BCUT2D eigenvalue weighted by atomic mass is 16.6. The number of nitrogens with zero attached hydrogens (tertiary/aromatic N) is 1. The van der Waals surface area contributed by atoms with Crippen molar-refractivity contribution >= 4 is 12.0 Å². The fourth-order valence-corrected chi connectivity index (χ4v) is 3.64. The maximum Gasteiger partial charge on any atom is 0.416 e. The molecule has 0 aromatic heterocycles. The Bertz CT molecular complexity index is 623. The van der Waals surface area contributed by atoms with E-state index >= 15 is 0 Å². The minimum Gasteiger partial charge on any atom is -0.447 e. The molecule has 2 atom stereocenters. The Balaban J connectivity index is 1.59. The van der Waals surface area contributed by atoms with E-state index in [0.717, 1.165) is 24.8 Å². The van der Waals surface area contributed by atoms with E-state index in [-0.39, 0.29) is 17.9 Å². The molecule has 1 aromatic rings. The molecule has 1 heterocycles. The van der Waals surface area contributed by atoms with E-state index in [0.29, 0.717) is 19.4 Å². The maximum absolute atomic E-state index is 12.6. The maximum atomic E-state index is 12.6. The molecule has 0 N–H and O–H groups in total. The van der Waals surface area contributed by atoms with E-state index in [2.05, 4.69) is 13.0 Å². The van der Waals surface area contributed by atoms with Crippen molar-refractivity contribution in [1.82, 2.24) is 4.90 Å². The molecule has 0 spiro atoms. The average molecular weight is 327 g/mol. The van der Waals surface area contributed by atoms with E-state index in [4.69, 9.17) is 4.74 Å². The van der Waals surface area contributed by atoms with Crippen LogP contribution in [0.25, 0.3) is 0 Å². The van der Waals surface area contributed by atoms with Crippen LogP contribution in [0.15, 0.2) is 42.0 Å². The van der Waals surface area contributed by atoms with Crippen LogP contribution in [0.3, 0.4) is 0 Å². The number of rotatable bonds is 6. The Morgan fingerprint density at radius 2 is 2.12 bits per heavy atom. The van der Waals surface area contributed by atoms with E-state index in [1.54, 1.807) is 0 Å². The SMILES string of the molecule is C[C@@H](CC(=O)N1C(=O)OC[C@@H]1Cc1ccccc1)CC1=CCCC1. The van der Waals surface area contributed by atoms with Crippen LogP contribution in [0.1, 0.15) is 44.6 Å². The molecule has 0 bridgehead atoms. The summed E-state index contributed by atoms with van der Waals surface area (Å²) in [6.07, 6.45) is 7.35. The molecule has 3 rings (SSSR count). The molecule has 1 aromatic carbocycles. The molecule has 4 heteroatoms. The normalized spacial score (nSPS) is 21.5. The zero-order valence-corrected chi connectivity index (χ0v) is 14.2. The van der Waals surface area contributed by atoms with Gasteiger partial charge < -0.3 is 4.74 Å². The smallest absolute Gasteiger partial charge is 0.416 e. The third-order valence-corrected chi connectivity index (χ3v) is 4.81. The molecule has 1 saturated heterocycles. The topological polar surface area (TPSA) is 46.6 Å². The third-order valence-electron chi connectivity index (χ3n) is 4.81. The van der Waals surface area contributed by atoms with Crippen molar-refractivity contribution in [2.75, 3.05) is 6.61 Å². The number of carbonyl (C=O) groups excluding carboxylic acids is 2. The molecule has 2 amide bonds. The van der Waals surface area contributed by atoms with Crippen LogP contribution in [0.5, 0.6) is 0 Å². The molecule has 1 aliphatic heterocycles. The summed E-state index contributed by atoms with van der Waals surface area (Å²) in [5, 5.41) is 0. The number of imide groups is 1. The van der Waals surface area contributed by atoms with Gasteiger partial charge in [0.05, 0.1) is 6.04 Å². The summed E-state index contributed by atoms with van der Waals surface area (Å²) in [5.41, 5.74) is 2.57. The summed E-state index contributed by atoms with van der Waals surface area (Å²) in [6.45, 7) is 2.38. The Morgan fingerprint density at radius 1 is 1.33 bits per heavy atom. The lowest BCUT2D eigenvalue weighted by molar-refractivity contribution is -0.130. The lowest BCUT2D eigenvalue weighted by Gasteiger charge is -2.21. The second-order valence-electron chi connectivity index (χ2n) is 6.95. The number of hydrogen-bond donors (Lipinski definition) is 0. The summed E-state index contributed by atoms with van der Waals surface area (Å²) in [4.78, 5) is 26.0. The summed E-state index contributed by atoms with van der Waals surface area (Å²) in [5.74, 6) is 0.150. The predicted molar refractivity (Wildman–Crippen MR) is 92.5 cm³/mol. The Kier molecular flexibility index (Phi) is 5.34. The minimum atomic E-state index is -0.492. The predicted octanol–water partition coefficient (Wildman–Crippen LogP) is 4.10. The van der Waals surface area contributed by atoms with Gasteiger partial charge in [0.1, 0.15) is 6.61 Å². The highest BCUT2D eigenvalue weighted by Crippen LogP contribution is 2.27. The van der Waals surface area contributed by atoms with Gasteiger partial charge in [-0.3, -0.25) is 4.79 Å². The van der Waals surface area contributed by atoms with E-state index < -0.39 is 6.09 Å². The molecule has 1 aliphatic carbocycles. The standard InChI is InChI=1S/C20H25NO3/c1-15(11-16-9-5-6-10-16)12-19(22)21-18(14-24-20(21)23)13-17-7-3-2-4-8-17/h2-4,7-9,15,18H,5-6,10-14H2,1H3/t15-,18+/m1/s1. The van der Waals surface area contributed by atoms with Crippen molar-refractivity contribution in [3.05, 3.63) is 47.5 Å². The van der Waals surface area contributed by atoms with E-state index in [9.17, 15) is 9.59 Å². The fraction of sp³-hybridized carbons (Fsp3) is 0.500. The summed E-state index contributed by atoms with van der Waals surface area (Å²) in [7, 11) is 0. The largest absolute Gasteiger partial charge is 0.447 e. The van der Waals surface area contributed by atoms with Crippen LogP contribution in [0, 0.1) is 5.92 Å². The van der Waals surface area contributed by atoms with Gasteiger partial charge in [0.25, 0.3) is 0 Å². The first-order valence-electron chi connectivity index (χ1n) is 8.84. The Hall–Kier alpha value is -2.10. The monoisotopic (exact) mass is 327 g/mol. The van der Waals surface area contributed by atoms with Crippen LogP contribution >= 0.6 is 0 Å². The molecule has 0 saturated carbocycles. The van der Waals surface area contributed by atoms with Gasteiger partial charge in [0.2, 0.25) is 5.91 Å².